The minimum absolute atomic E-state index is 0.894. The van der Waals surface area contributed by atoms with Gasteiger partial charge in [0, 0.05) is 40.6 Å². The molecular formula is C9H18N4. The van der Waals surface area contributed by atoms with E-state index in [1.165, 1.54) is 0 Å². The summed E-state index contributed by atoms with van der Waals surface area (Å²) in [5.74, 6) is 0.894. The number of rotatable bonds is 0. The molecule has 1 aromatic heterocycles. The van der Waals surface area contributed by atoms with Gasteiger partial charge in [0.05, 0.1) is 0 Å². The Hall–Kier alpha value is -1.45. The van der Waals surface area contributed by atoms with Crippen LogP contribution < -0.4 is 5.32 Å². The van der Waals surface area contributed by atoms with Gasteiger partial charge in [-0.3, -0.25) is 4.99 Å². The molecule has 0 amide bonds. The molecule has 0 spiro atoms. The first-order chi connectivity index (χ1) is 6.22. The number of hydrogen-bond acceptors (Lipinski definition) is 1. The monoisotopic (exact) mass is 182 g/mol. The van der Waals surface area contributed by atoms with Crippen LogP contribution in [0.25, 0.3) is 0 Å². The average Bonchev–Trinajstić information content (AvgIpc) is 2.62. The van der Waals surface area contributed by atoms with Crippen LogP contribution in [0.5, 0.6) is 0 Å². The fourth-order valence-corrected chi connectivity index (χ4v) is 0.813. The highest BCUT2D eigenvalue weighted by Crippen LogP contribution is 1.73. The minimum atomic E-state index is 0.894. The third kappa shape index (κ3) is 5.78. The number of nitrogens with zero attached hydrogens (tertiary/aromatic N) is 2. The number of aliphatic imine (C=N–C) groups is 1. The number of aromatic amines is 1. The van der Waals surface area contributed by atoms with Gasteiger partial charge in [-0.25, -0.2) is 0 Å². The van der Waals surface area contributed by atoms with Crippen molar-refractivity contribution in [2.24, 2.45) is 4.99 Å². The smallest absolute Gasteiger partial charge is 0.192 e. The van der Waals surface area contributed by atoms with E-state index in [0.29, 0.717) is 0 Å². The largest absolute Gasteiger partial charge is 0.368 e. The van der Waals surface area contributed by atoms with E-state index >= 15 is 0 Å². The molecule has 0 aromatic carbocycles. The second-order valence-electron chi connectivity index (χ2n) is 2.58. The van der Waals surface area contributed by atoms with Gasteiger partial charge in [0.15, 0.2) is 5.96 Å². The molecule has 0 aliphatic carbocycles. The van der Waals surface area contributed by atoms with Gasteiger partial charge in [0.2, 0.25) is 0 Å². The SMILES string of the molecule is CN=C(NC)N(C)C.c1cc[nH]c1. The molecule has 0 bridgehead atoms. The maximum atomic E-state index is 3.94. The molecule has 13 heavy (non-hydrogen) atoms. The predicted molar refractivity (Wildman–Crippen MR) is 56.9 cm³/mol. The highest BCUT2D eigenvalue weighted by molar-refractivity contribution is 5.78. The Balaban J connectivity index is 0.000000243. The maximum Gasteiger partial charge on any atom is 0.192 e. The van der Waals surface area contributed by atoms with E-state index in [9.17, 15) is 0 Å². The van der Waals surface area contributed by atoms with Crippen molar-refractivity contribution in [3.63, 3.8) is 0 Å². The number of H-pyrrole nitrogens is 1. The standard InChI is InChI=1S/C5H13N3.C4H5N/c1-6-5(7-2)8(3)4;1-2-4-5-3-1/h1-4H3,(H,6,7);1-5H. The van der Waals surface area contributed by atoms with E-state index in [0.717, 1.165) is 5.96 Å². The molecule has 1 rings (SSSR count). The lowest BCUT2D eigenvalue weighted by Crippen LogP contribution is -2.33. The van der Waals surface area contributed by atoms with Crippen LogP contribution in [0, 0.1) is 0 Å². The summed E-state index contributed by atoms with van der Waals surface area (Å²) in [5.41, 5.74) is 0. The van der Waals surface area contributed by atoms with Crippen molar-refractivity contribution in [1.82, 2.24) is 15.2 Å². The number of aromatic nitrogens is 1. The molecule has 0 unspecified atom stereocenters. The van der Waals surface area contributed by atoms with Crippen molar-refractivity contribution in [2.45, 2.75) is 0 Å². The summed E-state index contributed by atoms with van der Waals surface area (Å²) >= 11 is 0. The van der Waals surface area contributed by atoms with E-state index in [4.69, 9.17) is 0 Å². The first-order valence-electron chi connectivity index (χ1n) is 4.12. The molecule has 4 nitrogen and oxygen atoms in total. The van der Waals surface area contributed by atoms with Gasteiger partial charge >= 0.3 is 0 Å². The second kappa shape index (κ2) is 7.21. The lowest BCUT2D eigenvalue weighted by atomic mass is 10.7. The van der Waals surface area contributed by atoms with Gasteiger partial charge in [-0.15, -0.1) is 0 Å². The summed E-state index contributed by atoms with van der Waals surface area (Å²) in [6, 6.07) is 3.89. The lowest BCUT2D eigenvalue weighted by Gasteiger charge is -2.12. The van der Waals surface area contributed by atoms with E-state index in [1.54, 1.807) is 7.05 Å². The van der Waals surface area contributed by atoms with Crippen LogP contribution in [0.4, 0.5) is 0 Å². The first kappa shape index (κ1) is 11.6. The molecule has 74 valence electrons. The zero-order valence-corrected chi connectivity index (χ0v) is 8.70. The maximum absolute atomic E-state index is 3.94. The molecule has 4 heteroatoms. The van der Waals surface area contributed by atoms with Crippen LogP contribution in [-0.4, -0.2) is 44.0 Å². The zero-order valence-electron chi connectivity index (χ0n) is 8.70. The van der Waals surface area contributed by atoms with E-state index in [2.05, 4.69) is 15.3 Å². The Kier molecular flexibility index (Phi) is 6.41. The summed E-state index contributed by atoms with van der Waals surface area (Å²) in [7, 11) is 7.49. The highest BCUT2D eigenvalue weighted by atomic mass is 15.2. The molecule has 0 aliphatic heterocycles. The number of hydrogen-bond donors (Lipinski definition) is 2. The molecular weight excluding hydrogens is 164 g/mol. The molecule has 2 N–H and O–H groups in total. The third-order valence-electron chi connectivity index (χ3n) is 1.36. The molecule has 1 heterocycles. The van der Waals surface area contributed by atoms with Gasteiger partial charge < -0.3 is 15.2 Å². The van der Waals surface area contributed by atoms with Gasteiger partial charge in [0.25, 0.3) is 0 Å². The molecule has 0 fully saturated rings. The fraction of sp³-hybridized carbons (Fsp3) is 0.444. The van der Waals surface area contributed by atoms with Crippen LogP contribution in [0.2, 0.25) is 0 Å². The quantitative estimate of drug-likeness (QED) is 0.460. The van der Waals surface area contributed by atoms with Crippen molar-refractivity contribution in [1.29, 1.82) is 0 Å². The normalized spacial score (nSPS) is 10.0. The van der Waals surface area contributed by atoms with Crippen molar-refractivity contribution >= 4 is 5.96 Å². The molecule has 0 saturated heterocycles. The summed E-state index contributed by atoms with van der Waals surface area (Å²) < 4.78 is 0. The average molecular weight is 182 g/mol. The summed E-state index contributed by atoms with van der Waals surface area (Å²) in [6.45, 7) is 0. The first-order valence-corrected chi connectivity index (χ1v) is 4.12. The fourth-order valence-electron chi connectivity index (χ4n) is 0.813. The van der Waals surface area contributed by atoms with Crippen LogP contribution in [0.3, 0.4) is 0 Å². The minimum Gasteiger partial charge on any atom is -0.368 e. The Morgan fingerprint density at radius 2 is 1.85 bits per heavy atom. The third-order valence-corrected chi connectivity index (χ3v) is 1.36. The van der Waals surface area contributed by atoms with Crippen molar-refractivity contribution in [3.8, 4) is 0 Å². The highest BCUT2D eigenvalue weighted by Gasteiger charge is 1.91. The number of guanidine groups is 1. The van der Waals surface area contributed by atoms with Crippen LogP contribution in [-0.2, 0) is 0 Å². The molecule has 0 saturated carbocycles. The van der Waals surface area contributed by atoms with Gasteiger partial charge in [-0.2, -0.15) is 0 Å². The van der Waals surface area contributed by atoms with Crippen LogP contribution in [0.15, 0.2) is 29.5 Å². The van der Waals surface area contributed by atoms with E-state index in [-0.39, 0.29) is 0 Å². The molecule has 0 aliphatic rings. The second-order valence-corrected chi connectivity index (χ2v) is 2.58. The lowest BCUT2D eigenvalue weighted by molar-refractivity contribution is 0.596. The van der Waals surface area contributed by atoms with Crippen molar-refractivity contribution in [3.05, 3.63) is 24.5 Å². The molecule has 0 radical (unpaired) electrons. The summed E-state index contributed by atoms with van der Waals surface area (Å²) in [5, 5.41) is 2.93. The van der Waals surface area contributed by atoms with Gasteiger partial charge in [-0.1, -0.05) is 0 Å². The predicted octanol–water partition coefficient (Wildman–Crippen LogP) is 0.768. The number of nitrogens with one attached hydrogen (secondary N) is 2. The Morgan fingerprint density at radius 1 is 1.31 bits per heavy atom. The van der Waals surface area contributed by atoms with Gasteiger partial charge in [0.1, 0.15) is 0 Å². The van der Waals surface area contributed by atoms with Gasteiger partial charge in [-0.05, 0) is 12.1 Å². The van der Waals surface area contributed by atoms with E-state index in [1.807, 2.05) is 50.6 Å². The topological polar surface area (TPSA) is 43.4 Å². The Bertz CT molecular complexity index is 196. The van der Waals surface area contributed by atoms with Crippen molar-refractivity contribution < 1.29 is 0 Å². The summed E-state index contributed by atoms with van der Waals surface area (Å²) in [6.07, 6.45) is 3.75. The zero-order chi connectivity index (χ0) is 10.1. The van der Waals surface area contributed by atoms with Crippen molar-refractivity contribution in [2.75, 3.05) is 28.2 Å². The van der Waals surface area contributed by atoms with Crippen LogP contribution >= 0.6 is 0 Å². The molecule has 0 atom stereocenters. The summed E-state index contributed by atoms with van der Waals surface area (Å²) in [4.78, 5) is 8.72. The Morgan fingerprint density at radius 3 is 1.92 bits per heavy atom. The van der Waals surface area contributed by atoms with Crippen LogP contribution in [0.1, 0.15) is 0 Å². The van der Waals surface area contributed by atoms with E-state index < -0.39 is 0 Å². The Labute approximate surface area is 79.7 Å². The molecule has 1 aromatic rings.